The minimum Gasteiger partial charge on any atom is -0.504 e. The normalized spacial score (nSPS) is 14.5. The van der Waals surface area contributed by atoms with E-state index in [2.05, 4.69) is 0 Å². The Morgan fingerprint density at radius 3 is 1.52 bits per heavy atom. The highest BCUT2D eigenvalue weighted by Gasteiger charge is 2.34. The van der Waals surface area contributed by atoms with Gasteiger partial charge in [0.25, 0.3) is 0 Å². The van der Waals surface area contributed by atoms with E-state index in [-0.39, 0.29) is 39.8 Å². The van der Waals surface area contributed by atoms with Crippen LogP contribution >= 0.6 is 0 Å². The SMILES string of the molecule is COc1cc(C=C2C(=O)c3ccccc3C2=O)cc(C=C2C(=O)c3ccccc3C2=O)c1O. The molecule has 6 heteroatoms. The Balaban J connectivity index is 1.61. The van der Waals surface area contributed by atoms with Crippen molar-refractivity contribution in [1.29, 1.82) is 0 Å². The third-order valence-corrected chi connectivity index (χ3v) is 5.77. The fourth-order valence-corrected chi connectivity index (χ4v) is 4.13. The zero-order chi connectivity index (χ0) is 23.3. The van der Waals surface area contributed by atoms with E-state index in [0.29, 0.717) is 27.8 Å². The molecule has 2 aliphatic rings. The number of Topliss-reactive ketones (excluding diaryl/α,β-unsaturated/α-hetero) is 4. The average Bonchev–Trinajstić information content (AvgIpc) is 3.22. The molecule has 0 spiro atoms. The Morgan fingerprint density at radius 2 is 1.09 bits per heavy atom. The van der Waals surface area contributed by atoms with E-state index in [1.165, 1.54) is 31.4 Å². The Hall–Kier alpha value is -4.58. The van der Waals surface area contributed by atoms with Crippen molar-refractivity contribution in [1.82, 2.24) is 0 Å². The summed E-state index contributed by atoms with van der Waals surface area (Å²) in [5, 5.41) is 10.6. The molecule has 3 aromatic carbocycles. The number of hydrogen-bond acceptors (Lipinski definition) is 6. The fraction of sp³-hybridized carbons (Fsp3) is 0.0370. The number of phenolic OH excluding ortho intramolecular Hbond substituents is 1. The molecule has 3 aromatic rings. The molecule has 0 amide bonds. The first-order valence-electron chi connectivity index (χ1n) is 10.1. The molecule has 6 nitrogen and oxygen atoms in total. The summed E-state index contributed by atoms with van der Waals surface area (Å²) in [6.07, 6.45) is 2.72. The molecule has 1 N–H and O–H groups in total. The van der Waals surface area contributed by atoms with Crippen LogP contribution < -0.4 is 4.74 Å². The molecule has 0 saturated carbocycles. The maximum Gasteiger partial charge on any atom is 0.197 e. The molecule has 2 aliphatic carbocycles. The second kappa shape index (κ2) is 7.53. The van der Waals surface area contributed by atoms with Gasteiger partial charge >= 0.3 is 0 Å². The van der Waals surface area contributed by atoms with Gasteiger partial charge in [0.2, 0.25) is 0 Å². The van der Waals surface area contributed by atoms with E-state index < -0.39 is 11.6 Å². The summed E-state index contributed by atoms with van der Waals surface area (Å²) in [5.74, 6) is -1.85. The maximum atomic E-state index is 12.7. The van der Waals surface area contributed by atoms with Crippen LogP contribution in [0.2, 0.25) is 0 Å². The fourth-order valence-electron chi connectivity index (χ4n) is 4.13. The second-order valence-electron chi connectivity index (χ2n) is 7.68. The summed E-state index contributed by atoms with van der Waals surface area (Å²) >= 11 is 0. The lowest BCUT2D eigenvalue weighted by Crippen LogP contribution is -2.02. The van der Waals surface area contributed by atoms with Crippen LogP contribution in [0.5, 0.6) is 11.5 Å². The number of phenols is 1. The van der Waals surface area contributed by atoms with Crippen LogP contribution in [-0.4, -0.2) is 35.3 Å². The summed E-state index contributed by atoms with van der Waals surface area (Å²) in [7, 11) is 1.35. The molecular formula is C27H16O6. The van der Waals surface area contributed by atoms with Crippen molar-refractivity contribution in [3.63, 3.8) is 0 Å². The number of hydrogen-bond donors (Lipinski definition) is 1. The van der Waals surface area contributed by atoms with Crippen LogP contribution in [0.4, 0.5) is 0 Å². The second-order valence-corrected chi connectivity index (χ2v) is 7.68. The van der Waals surface area contributed by atoms with Gasteiger partial charge in [0.05, 0.1) is 18.3 Å². The van der Waals surface area contributed by atoms with E-state index in [1.54, 1.807) is 48.5 Å². The van der Waals surface area contributed by atoms with E-state index >= 15 is 0 Å². The summed E-state index contributed by atoms with van der Waals surface area (Å²) in [4.78, 5) is 51.0. The number of benzene rings is 3. The molecule has 0 atom stereocenters. The highest BCUT2D eigenvalue weighted by molar-refractivity contribution is 6.42. The number of carbonyl (C=O) groups excluding carboxylic acids is 4. The van der Waals surface area contributed by atoms with Crippen molar-refractivity contribution in [2.24, 2.45) is 0 Å². The molecule has 0 fully saturated rings. The van der Waals surface area contributed by atoms with Gasteiger partial charge in [0.1, 0.15) is 0 Å². The summed E-state index contributed by atoms with van der Waals surface area (Å²) in [6.45, 7) is 0. The Labute approximate surface area is 188 Å². The first-order valence-corrected chi connectivity index (χ1v) is 10.1. The van der Waals surface area contributed by atoms with Crippen molar-refractivity contribution in [3.8, 4) is 11.5 Å². The number of fused-ring (bicyclic) bond motifs is 2. The standard InChI is InChI=1S/C27H16O6/c1-33-22-12-14(11-20-24(29)16-6-2-3-7-17(16)25(20)30)10-15(23(22)28)13-21-26(31)18-8-4-5-9-19(18)27(21)32/h2-13,28H,1H3. The molecule has 33 heavy (non-hydrogen) atoms. The Bertz CT molecular complexity index is 1400. The summed E-state index contributed by atoms with van der Waals surface area (Å²) in [6, 6.07) is 16.0. The lowest BCUT2D eigenvalue weighted by molar-refractivity contribution is 0.0975. The van der Waals surface area contributed by atoms with Crippen LogP contribution in [0.15, 0.2) is 71.8 Å². The quantitative estimate of drug-likeness (QED) is 0.485. The first kappa shape index (κ1) is 20.3. The van der Waals surface area contributed by atoms with Crippen LogP contribution in [0, 0.1) is 0 Å². The van der Waals surface area contributed by atoms with Gasteiger partial charge < -0.3 is 9.84 Å². The van der Waals surface area contributed by atoms with Crippen LogP contribution in [-0.2, 0) is 0 Å². The summed E-state index contributed by atoms with van der Waals surface area (Å²) in [5.41, 5.74) is 1.74. The van der Waals surface area contributed by atoms with Crippen molar-refractivity contribution >= 4 is 35.3 Å². The van der Waals surface area contributed by atoms with Gasteiger partial charge in [0, 0.05) is 27.8 Å². The van der Waals surface area contributed by atoms with E-state index in [4.69, 9.17) is 4.74 Å². The average molecular weight is 436 g/mol. The van der Waals surface area contributed by atoms with Crippen LogP contribution in [0.3, 0.4) is 0 Å². The number of ketones is 4. The highest BCUT2D eigenvalue weighted by atomic mass is 16.5. The third kappa shape index (κ3) is 3.11. The number of ether oxygens (including phenoxy) is 1. The van der Waals surface area contributed by atoms with Gasteiger partial charge in [-0.05, 0) is 29.8 Å². The van der Waals surface area contributed by atoms with Crippen LogP contribution in [0.1, 0.15) is 52.6 Å². The van der Waals surface area contributed by atoms with Gasteiger partial charge in [-0.1, -0.05) is 48.5 Å². The molecule has 160 valence electrons. The maximum absolute atomic E-state index is 12.7. The van der Waals surface area contributed by atoms with Gasteiger partial charge in [-0.25, -0.2) is 0 Å². The largest absolute Gasteiger partial charge is 0.504 e. The Kier molecular flexibility index (Phi) is 4.64. The monoisotopic (exact) mass is 436 g/mol. The van der Waals surface area contributed by atoms with Crippen molar-refractivity contribution in [2.45, 2.75) is 0 Å². The molecule has 0 aliphatic heterocycles. The molecule has 0 heterocycles. The molecule has 0 saturated heterocycles. The number of methoxy groups -OCH3 is 1. The first-order chi connectivity index (χ1) is 15.9. The molecular weight excluding hydrogens is 420 g/mol. The number of aromatic hydroxyl groups is 1. The molecule has 0 aromatic heterocycles. The van der Waals surface area contributed by atoms with Gasteiger partial charge in [0.15, 0.2) is 34.6 Å². The zero-order valence-electron chi connectivity index (χ0n) is 17.4. The van der Waals surface area contributed by atoms with Crippen LogP contribution in [0.25, 0.3) is 12.2 Å². The lowest BCUT2D eigenvalue weighted by atomic mass is 10.0. The smallest absolute Gasteiger partial charge is 0.197 e. The van der Waals surface area contributed by atoms with E-state index in [1.807, 2.05) is 0 Å². The molecule has 0 radical (unpaired) electrons. The molecule has 0 unspecified atom stereocenters. The Morgan fingerprint density at radius 1 is 0.667 bits per heavy atom. The molecule has 5 rings (SSSR count). The van der Waals surface area contributed by atoms with Crippen molar-refractivity contribution in [3.05, 3.63) is 105 Å². The van der Waals surface area contributed by atoms with E-state index in [0.717, 1.165) is 0 Å². The zero-order valence-corrected chi connectivity index (χ0v) is 17.4. The van der Waals surface area contributed by atoms with Gasteiger partial charge in [-0.3, -0.25) is 19.2 Å². The minimum absolute atomic E-state index is 0.0111. The molecule has 0 bridgehead atoms. The summed E-state index contributed by atoms with van der Waals surface area (Å²) < 4.78 is 5.24. The number of carbonyl (C=O) groups is 4. The number of rotatable bonds is 3. The highest BCUT2D eigenvalue weighted by Crippen LogP contribution is 2.37. The third-order valence-electron chi connectivity index (χ3n) is 5.77. The van der Waals surface area contributed by atoms with E-state index in [9.17, 15) is 24.3 Å². The topological polar surface area (TPSA) is 97.7 Å². The van der Waals surface area contributed by atoms with Gasteiger partial charge in [-0.15, -0.1) is 0 Å². The van der Waals surface area contributed by atoms with Gasteiger partial charge in [-0.2, -0.15) is 0 Å². The number of allylic oxidation sites excluding steroid dienone is 2. The predicted molar refractivity (Wildman–Crippen MR) is 121 cm³/mol. The van der Waals surface area contributed by atoms with Crippen molar-refractivity contribution < 1.29 is 29.0 Å². The van der Waals surface area contributed by atoms with Crippen molar-refractivity contribution in [2.75, 3.05) is 7.11 Å². The minimum atomic E-state index is -0.436. The predicted octanol–water partition coefficient (Wildman–Crippen LogP) is 4.33. The lowest BCUT2D eigenvalue weighted by Gasteiger charge is -2.09.